The molecule has 1 heterocycles. The Morgan fingerprint density at radius 3 is 2.72 bits per heavy atom. The molecule has 3 rings (SSSR count). The Kier molecular flexibility index (Phi) is 6.72. The lowest BCUT2D eigenvalue weighted by Crippen LogP contribution is -2.28. The van der Waals surface area contributed by atoms with Crippen LogP contribution in [0.5, 0.6) is 11.5 Å². The zero-order valence-corrected chi connectivity index (χ0v) is 17.0. The van der Waals surface area contributed by atoms with Crippen LogP contribution in [0.4, 0.5) is 11.4 Å². The molecular formula is C22H27N3O4. The summed E-state index contributed by atoms with van der Waals surface area (Å²) in [6.07, 6.45) is 0.165. The minimum Gasteiger partial charge on any atom is -0.497 e. The van der Waals surface area contributed by atoms with E-state index in [4.69, 9.17) is 9.47 Å². The van der Waals surface area contributed by atoms with Crippen LogP contribution in [0.25, 0.3) is 0 Å². The Morgan fingerprint density at radius 2 is 2.00 bits per heavy atom. The van der Waals surface area contributed by atoms with Crippen molar-refractivity contribution in [1.82, 2.24) is 5.32 Å². The van der Waals surface area contributed by atoms with Gasteiger partial charge >= 0.3 is 0 Å². The van der Waals surface area contributed by atoms with Gasteiger partial charge in [0.1, 0.15) is 11.5 Å². The zero-order chi connectivity index (χ0) is 20.8. The number of anilines is 2. The normalized spacial score (nSPS) is 16.0. The summed E-state index contributed by atoms with van der Waals surface area (Å²) in [6, 6.07) is 13.0. The van der Waals surface area contributed by atoms with Crippen LogP contribution in [0.2, 0.25) is 0 Å². The van der Waals surface area contributed by atoms with Crippen molar-refractivity contribution in [2.24, 2.45) is 5.92 Å². The number of carbonyl (C=O) groups excluding carboxylic acids is 2. The number of hydrogen-bond acceptors (Lipinski definition) is 5. The number of ether oxygens (including phenoxy) is 2. The molecular weight excluding hydrogens is 370 g/mol. The highest BCUT2D eigenvalue weighted by Crippen LogP contribution is 2.36. The van der Waals surface area contributed by atoms with Crippen LogP contribution in [0.15, 0.2) is 42.5 Å². The number of methoxy groups -OCH3 is 2. The van der Waals surface area contributed by atoms with E-state index >= 15 is 0 Å². The second-order valence-corrected chi connectivity index (χ2v) is 6.91. The smallest absolute Gasteiger partial charge is 0.229 e. The molecule has 2 aromatic carbocycles. The van der Waals surface area contributed by atoms with Crippen LogP contribution in [0, 0.1) is 5.92 Å². The van der Waals surface area contributed by atoms with E-state index in [2.05, 4.69) is 10.6 Å². The maximum absolute atomic E-state index is 12.8. The van der Waals surface area contributed by atoms with E-state index < -0.39 is 5.92 Å². The average molecular weight is 397 g/mol. The minimum absolute atomic E-state index is 0.102. The van der Waals surface area contributed by atoms with E-state index in [1.807, 2.05) is 31.2 Å². The van der Waals surface area contributed by atoms with Crippen molar-refractivity contribution >= 4 is 23.2 Å². The molecule has 1 aliphatic heterocycles. The van der Waals surface area contributed by atoms with Gasteiger partial charge in [-0.05, 0) is 36.4 Å². The highest BCUT2D eigenvalue weighted by Gasteiger charge is 2.36. The molecule has 1 aliphatic rings. The van der Waals surface area contributed by atoms with Gasteiger partial charge in [-0.1, -0.05) is 19.1 Å². The lowest BCUT2D eigenvalue weighted by molar-refractivity contribution is -0.122. The number of hydrogen-bond donors (Lipinski definition) is 2. The fraction of sp³-hybridized carbons (Fsp3) is 0.364. The molecule has 2 amide bonds. The summed E-state index contributed by atoms with van der Waals surface area (Å²) >= 11 is 0. The molecule has 7 heteroatoms. The molecule has 0 aliphatic carbocycles. The van der Waals surface area contributed by atoms with Gasteiger partial charge in [0.25, 0.3) is 0 Å². The minimum atomic E-state index is -0.424. The van der Waals surface area contributed by atoms with Gasteiger partial charge in [-0.3, -0.25) is 9.59 Å². The first-order valence-corrected chi connectivity index (χ1v) is 9.68. The van der Waals surface area contributed by atoms with Crippen LogP contribution in [-0.4, -0.2) is 39.1 Å². The van der Waals surface area contributed by atoms with Crippen molar-refractivity contribution in [2.45, 2.75) is 19.9 Å². The van der Waals surface area contributed by atoms with Crippen molar-refractivity contribution < 1.29 is 19.1 Å². The Balaban J connectivity index is 1.69. The summed E-state index contributed by atoms with van der Waals surface area (Å²) in [6.45, 7) is 3.98. The topological polar surface area (TPSA) is 79.9 Å². The van der Waals surface area contributed by atoms with Crippen molar-refractivity contribution in [2.75, 3.05) is 37.5 Å². The van der Waals surface area contributed by atoms with Crippen molar-refractivity contribution in [3.05, 3.63) is 48.0 Å². The number of amides is 2. The highest BCUT2D eigenvalue weighted by atomic mass is 16.5. The van der Waals surface area contributed by atoms with Crippen LogP contribution in [0.3, 0.4) is 0 Å². The molecule has 7 nitrogen and oxygen atoms in total. The van der Waals surface area contributed by atoms with Crippen molar-refractivity contribution in [1.29, 1.82) is 0 Å². The highest BCUT2D eigenvalue weighted by molar-refractivity contribution is 6.04. The van der Waals surface area contributed by atoms with Gasteiger partial charge in [0, 0.05) is 31.3 Å². The van der Waals surface area contributed by atoms with E-state index in [1.165, 1.54) is 0 Å². The Labute approximate surface area is 171 Å². The maximum atomic E-state index is 12.8. The van der Waals surface area contributed by atoms with E-state index in [0.29, 0.717) is 23.7 Å². The predicted octanol–water partition coefficient (Wildman–Crippen LogP) is 2.80. The third kappa shape index (κ3) is 4.86. The molecule has 0 spiro atoms. The number of nitrogens with zero attached hydrogens (tertiary/aromatic N) is 1. The molecule has 154 valence electrons. The monoisotopic (exact) mass is 397 g/mol. The molecule has 0 saturated carbocycles. The molecule has 0 radical (unpaired) electrons. The number of nitrogens with one attached hydrogen (secondary N) is 2. The second-order valence-electron chi connectivity index (χ2n) is 6.91. The van der Waals surface area contributed by atoms with Crippen molar-refractivity contribution in [3.8, 4) is 11.5 Å². The fourth-order valence-electron chi connectivity index (χ4n) is 3.40. The Bertz CT molecular complexity index is 884. The summed E-state index contributed by atoms with van der Waals surface area (Å²) in [5.41, 5.74) is 2.47. The number of rotatable bonds is 8. The molecule has 0 aromatic heterocycles. The van der Waals surface area contributed by atoms with Gasteiger partial charge in [0.15, 0.2) is 0 Å². The van der Waals surface area contributed by atoms with E-state index in [1.54, 1.807) is 37.3 Å². The van der Waals surface area contributed by atoms with E-state index in [9.17, 15) is 9.59 Å². The van der Waals surface area contributed by atoms with Crippen LogP contribution in [-0.2, 0) is 16.1 Å². The van der Waals surface area contributed by atoms with Crippen LogP contribution < -0.4 is 25.0 Å². The van der Waals surface area contributed by atoms with Gasteiger partial charge in [0.05, 0.1) is 25.8 Å². The molecule has 1 fully saturated rings. The van der Waals surface area contributed by atoms with Crippen molar-refractivity contribution in [3.63, 3.8) is 0 Å². The first-order chi connectivity index (χ1) is 14.0. The summed E-state index contributed by atoms with van der Waals surface area (Å²) in [7, 11) is 3.12. The van der Waals surface area contributed by atoms with Crippen LogP contribution >= 0.6 is 0 Å². The molecule has 0 bridgehead atoms. The zero-order valence-electron chi connectivity index (χ0n) is 17.0. The first kappa shape index (κ1) is 20.7. The molecule has 1 unspecified atom stereocenters. The van der Waals surface area contributed by atoms with Gasteiger partial charge in [0.2, 0.25) is 11.8 Å². The van der Waals surface area contributed by atoms with Crippen LogP contribution in [0.1, 0.15) is 18.9 Å². The molecule has 2 aromatic rings. The summed E-state index contributed by atoms with van der Waals surface area (Å²) in [4.78, 5) is 26.9. The number of benzene rings is 2. The number of carbonyl (C=O) groups is 2. The predicted molar refractivity (Wildman–Crippen MR) is 112 cm³/mol. The second kappa shape index (κ2) is 9.43. The Hall–Kier alpha value is -3.06. The van der Waals surface area contributed by atoms with Gasteiger partial charge in [-0.2, -0.15) is 0 Å². The third-order valence-corrected chi connectivity index (χ3v) is 4.95. The Morgan fingerprint density at radius 1 is 1.17 bits per heavy atom. The fourth-order valence-corrected chi connectivity index (χ4v) is 3.40. The molecule has 1 saturated heterocycles. The van der Waals surface area contributed by atoms with E-state index in [0.717, 1.165) is 24.3 Å². The maximum Gasteiger partial charge on any atom is 0.229 e. The lowest BCUT2D eigenvalue weighted by Gasteiger charge is -2.20. The average Bonchev–Trinajstić information content (AvgIpc) is 3.13. The first-order valence-electron chi connectivity index (χ1n) is 9.68. The SMILES string of the molecule is CCNCc1cccc(NC(=O)C2CC(=O)N(c3ccc(OC)cc3OC)C2)c1. The molecule has 29 heavy (non-hydrogen) atoms. The summed E-state index contributed by atoms with van der Waals surface area (Å²) < 4.78 is 10.6. The molecule has 2 N–H and O–H groups in total. The molecule has 1 atom stereocenters. The van der Waals surface area contributed by atoms with Gasteiger partial charge in [-0.25, -0.2) is 0 Å². The largest absolute Gasteiger partial charge is 0.497 e. The summed E-state index contributed by atoms with van der Waals surface area (Å²) in [5.74, 6) is 0.494. The lowest BCUT2D eigenvalue weighted by atomic mass is 10.1. The summed E-state index contributed by atoms with van der Waals surface area (Å²) in [5, 5.41) is 6.21. The van der Waals surface area contributed by atoms with Gasteiger partial charge in [-0.15, -0.1) is 0 Å². The van der Waals surface area contributed by atoms with E-state index in [-0.39, 0.29) is 18.2 Å². The van der Waals surface area contributed by atoms with Gasteiger partial charge < -0.3 is 25.0 Å². The quantitative estimate of drug-likeness (QED) is 0.716. The standard InChI is InChI=1S/C22H27N3O4/c1-4-23-13-15-6-5-7-17(10-15)24-22(27)16-11-21(26)25(14-16)19-9-8-18(28-2)12-20(19)29-3/h5-10,12,16,23H,4,11,13-14H2,1-3H3,(H,24,27). The third-order valence-electron chi connectivity index (χ3n) is 4.95.